The zero-order valence-corrected chi connectivity index (χ0v) is 16.9. The highest BCUT2D eigenvalue weighted by Gasteiger charge is 2.14. The minimum Gasteiger partial charge on any atom is -0.493 e. The van der Waals surface area contributed by atoms with Crippen molar-refractivity contribution in [3.05, 3.63) is 28.8 Å². The summed E-state index contributed by atoms with van der Waals surface area (Å²) in [5.74, 6) is 2.00. The third-order valence-corrected chi connectivity index (χ3v) is 4.51. The average molecular weight is 378 g/mol. The molecule has 1 N–H and O–H groups in total. The van der Waals surface area contributed by atoms with Crippen LogP contribution in [0.4, 0.5) is 5.13 Å². The molecular formula is C19H27N3O3S. The first-order valence-electron chi connectivity index (χ1n) is 8.83. The number of anilines is 1. The molecule has 0 aliphatic carbocycles. The lowest BCUT2D eigenvalue weighted by atomic mass is 10.1. The molecule has 0 radical (unpaired) electrons. The van der Waals surface area contributed by atoms with Crippen LogP contribution in [-0.4, -0.2) is 29.8 Å². The van der Waals surface area contributed by atoms with Crippen LogP contribution in [0.25, 0.3) is 0 Å². The van der Waals surface area contributed by atoms with Gasteiger partial charge in [-0.25, -0.2) is 0 Å². The molecule has 1 aromatic carbocycles. The highest BCUT2D eigenvalue weighted by molar-refractivity contribution is 7.15. The van der Waals surface area contributed by atoms with E-state index in [1.807, 2.05) is 0 Å². The van der Waals surface area contributed by atoms with E-state index in [1.54, 1.807) is 25.3 Å². The Balaban J connectivity index is 2.03. The summed E-state index contributed by atoms with van der Waals surface area (Å²) in [5, 5.41) is 12.4. The van der Waals surface area contributed by atoms with Crippen LogP contribution in [0.5, 0.6) is 11.5 Å². The molecule has 0 saturated carbocycles. The van der Waals surface area contributed by atoms with Crippen LogP contribution in [-0.2, 0) is 6.42 Å². The van der Waals surface area contributed by atoms with Crippen molar-refractivity contribution in [1.29, 1.82) is 0 Å². The molecule has 1 aromatic heterocycles. The molecule has 0 spiro atoms. The second-order valence-electron chi connectivity index (χ2n) is 6.95. The Kier molecular flexibility index (Phi) is 7.38. The molecule has 0 unspecified atom stereocenters. The van der Waals surface area contributed by atoms with E-state index in [4.69, 9.17) is 9.47 Å². The Morgan fingerprint density at radius 2 is 1.92 bits per heavy atom. The minimum absolute atomic E-state index is 0.246. The molecule has 0 fully saturated rings. The van der Waals surface area contributed by atoms with Crippen molar-refractivity contribution in [2.45, 2.75) is 40.5 Å². The van der Waals surface area contributed by atoms with Crippen molar-refractivity contribution < 1.29 is 14.3 Å². The van der Waals surface area contributed by atoms with Crippen LogP contribution in [0.1, 0.15) is 49.5 Å². The van der Waals surface area contributed by atoms with Crippen LogP contribution in [0.15, 0.2) is 18.2 Å². The molecule has 2 rings (SSSR count). The van der Waals surface area contributed by atoms with Crippen molar-refractivity contribution in [2.24, 2.45) is 11.8 Å². The normalized spacial score (nSPS) is 11.0. The standard InChI is InChI=1S/C19H27N3O3S/c1-12(2)8-9-25-15-7-6-14(11-16(15)24-5)18(23)20-19-22-21-17(26-19)10-13(3)4/h6-7,11-13H,8-10H2,1-5H3,(H,20,22,23). The largest absolute Gasteiger partial charge is 0.493 e. The number of benzene rings is 1. The molecule has 0 aliphatic rings. The minimum atomic E-state index is -0.246. The fourth-order valence-electron chi connectivity index (χ4n) is 2.24. The monoisotopic (exact) mass is 377 g/mol. The van der Waals surface area contributed by atoms with Gasteiger partial charge >= 0.3 is 0 Å². The van der Waals surface area contributed by atoms with Crippen LogP contribution in [0, 0.1) is 11.8 Å². The highest BCUT2D eigenvalue weighted by atomic mass is 32.1. The molecule has 0 saturated heterocycles. The van der Waals surface area contributed by atoms with Gasteiger partial charge in [-0.2, -0.15) is 0 Å². The fraction of sp³-hybridized carbons (Fsp3) is 0.526. The lowest BCUT2D eigenvalue weighted by Gasteiger charge is -2.12. The molecule has 142 valence electrons. The number of hydrogen-bond donors (Lipinski definition) is 1. The number of methoxy groups -OCH3 is 1. The summed E-state index contributed by atoms with van der Waals surface area (Å²) in [7, 11) is 1.56. The van der Waals surface area contributed by atoms with Gasteiger partial charge in [0.2, 0.25) is 5.13 Å². The Morgan fingerprint density at radius 1 is 1.15 bits per heavy atom. The Bertz CT molecular complexity index is 729. The Labute approximate surface area is 158 Å². The quantitative estimate of drug-likeness (QED) is 0.700. The number of aromatic nitrogens is 2. The van der Waals surface area contributed by atoms with Gasteiger partial charge in [0.1, 0.15) is 5.01 Å². The molecule has 0 bridgehead atoms. The first-order valence-corrected chi connectivity index (χ1v) is 9.65. The maximum atomic E-state index is 12.5. The average Bonchev–Trinajstić information content (AvgIpc) is 3.00. The van der Waals surface area contributed by atoms with Crippen LogP contribution >= 0.6 is 11.3 Å². The van der Waals surface area contributed by atoms with E-state index in [1.165, 1.54) is 11.3 Å². The van der Waals surface area contributed by atoms with Crippen molar-refractivity contribution in [2.75, 3.05) is 19.0 Å². The molecule has 0 atom stereocenters. The summed E-state index contributed by atoms with van der Waals surface area (Å²) < 4.78 is 11.1. The Hall–Kier alpha value is -2.15. The molecule has 6 nitrogen and oxygen atoms in total. The van der Waals surface area contributed by atoms with Crippen LogP contribution in [0.2, 0.25) is 0 Å². The smallest absolute Gasteiger partial charge is 0.257 e. The third kappa shape index (κ3) is 5.98. The number of hydrogen-bond acceptors (Lipinski definition) is 6. The summed E-state index contributed by atoms with van der Waals surface area (Å²) in [4.78, 5) is 12.5. The first kappa shape index (κ1) is 20.2. The number of carbonyl (C=O) groups is 1. The number of rotatable bonds is 9. The molecule has 2 aromatic rings. The van der Waals surface area contributed by atoms with E-state index in [2.05, 4.69) is 43.2 Å². The predicted molar refractivity (Wildman–Crippen MR) is 104 cm³/mol. The SMILES string of the molecule is COc1cc(C(=O)Nc2nnc(CC(C)C)s2)ccc1OCCC(C)C. The summed E-state index contributed by atoms with van der Waals surface area (Å²) in [6.45, 7) is 9.15. The number of ether oxygens (including phenoxy) is 2. The van der Waals surface area contributed by atoms with Gasteiger partial charge < -0.3 is 9.47 Å². The van der Waals surface area contributed by atoms with Gasteiger partial charge in [-0.15, -0.1) is 10.2 Å². The fourth-order valence-corrected chi connectivity index (χ4v) is 3.18. The molecule has 26 heavy (non-hydrogen) atoms. The van der Waals surface area contributed by atoms with Crippen molar-refractivity contribution in [3.8, 4) is 11.5 Å². The van der Waals surface area contributed by atoms with Crippen LogP contribution < -0.4 is 14.8 Å². The van der Waals surface area contributed by atoms with E-state index in [0.29, 0.717) is 40.6 Å². The van der Waals surface area contributed by atoms with Gasteiger partial charge in [-0.05, 0) is 36.5 Å². The number of nitrogens with zero attached hydrogens (tertiary/aromatic N) is 2. The number of nitrogens with one attached hydrogen (secondary N) is 1. The summed E-state index contributed by atoms with van der Waals surface area (Å²) in [6.07, 6.45) is 1.81. The molecule has 1 heterocycles. The predicted octanol–water partition coefficient (Wildman–Crippen LogP) is 4.42. The summed E-state index contributed by atoms with van der Waals surface area (Å²) in [5.41, 5.74) is 0.485. The first-order chi connectivity index (χ1) is 12.4. The van der Waals surface area contributed by atoms with Crippen molar-refractivity contribution in [1.82, 2.24) is 10.2 Å². The molecule has 0 aliphatic heterocycles. The van der Waals surface area contributed by atoms with Gasteiger partial charge in [0.25, 0.3) is 5.91 Å². The summed E-state index contributed by atoms with van der Waals surface area (Å²) >= 11 is 1.40. The molecular weight excluding hydrogens is 350 g/mol. The van der Waals surface area contributed by atoms with E-state index in [0.717, 1.165) is 17.8 Å². The van der Waals surface area contributed by atoms with E-state index >= 15 is 0 Å². The number of amides is 1. The van der Waals surface area contributed by atoms with Crippen molar-refractivity contribution in [3.63, 3.8) is 0 Å². The maximum Gasteiger partial charge on any atom is 0.257 e. The van der Waals surface area contributed by atoms with Crippen LogP contribution in [0.3, 0.4) is 0 Å². The molecule has 1 amide bonds. The topological polar surface area (TPSA) is 73.3 Å². The van der Waals surface area contributed by atoms with Gasteiger partial charge in [-0.3, -0.25) is 10.1 Å². The van der Waals surface area contributed by atoms with Gasteiger partial charge in [-0.1, -0.05) is 39.0 Å². The second kappa shape index (κ2) is 9.52. The lowest BCUT2D eigenvalue weighted by molar-refractivity contribution is 0.102. The van der Waals surface area contributed by atoms with Gasteiger partial charge in [0, 0.05) is 12.0 Å². The van der Waals surface area contributed by atoms with Gasteiger partial charge in [0.05, 0.1) is 13.7 Å². The second-order valence-corrected chi connectivity index (χ2v) is 8.01. The van der Waals surface area contributed by atoms with Gasteiger partial charge in [0.15, 0.2) is 11.5 Å². The maximum absolute atomic E-state index is 12.5. The lowest BCUT2D eigenvalue weighted by Crippen LogP contribution is -2.12. The number of carbonyl (C=O) groups excluding carboxylic acids is 1. The Morgan fingerprint density at radius 3 is 2.58 bits per heavy atom. The highest BCUT2D eigenvalue weighted by Crippen LogP contribution is 2.29. The van der Waals surface area contributed by atoms with Crippen molar-refractivity contribution >= 4 is 22.4 Å². The summed E-state index contributed by atoms with van der Waals surface area (Å²) in [6, 6.07) is 5.16. The van der Waals surface area contributed by atoms with E-state index in [9.17, 15) is 4.79 Å². The van der Waals surface area contributed by atoms with E-state index in [-0.39, 0.29) is 5.91 Å². The molecule has 7 heteroatoms. The third-order valence-electron chi connectivity index (χ3n) is 3.65. The zero-order valence-electron chi connectivity index (χ0n) is 16.0. The van der Waals surface area contributed by atoms with E-state index < -0.39 is 0 Å². The zero-order chi connectivity index (χ0) is 19.1.